The van der Waals surface area contributed by atoms with Crippen LogP contribution in [0.4, 0.5) is 13.2 Å². The topological polar surface area (TPSA) is 72.2 Å². The number of hydrogen-bond acceptors (Lipinski definition) is 3. The third-order valence-electron chi connectivity index (χ3n) is 3.96. The average molecular weight is 373 g/mol. The van der Waals surface area contributed by atoms with E-state index in [-0.39, 0.29) is 29.9 Å². The minimum absolute atomic E-state index is 0. The van der Waals surface area contributed by atoms with Gasteiger partial charge in [0.05, 0.1) is 11.3 Å². The van der Waals surface area contributed by atoms with Crippen molar-refractivity contribution in [3.63, 3.8) is 0 Å². The Labute approximate surface area is 140 Å². The lowest BCUT2D eigenvalue weighted by molar-refractivity contribution is -0.138. The van der Waals surface area contributed by atoms with Gasteiger partial charge in [0.2, 0.25) is 10.0 Å². The van der Waals surface area contributed by atoms with Gasteiger partial charge in [-0.3, -0.25) is 0 Å². The molecule has 1 aromatic rings. The first kappa shape index (κ1) is 20.2. The fourth-order valence-electron chi connectivity index (χ4n) is 2.87. The molecule has 0 aromatic heterocycles. The van der Waals surface area contributed by atoms with Gasteiger partial charge in [-0.05, 0) is 36.9 Å². The maximum atomic E-state index is 12.9. The Morgan fingerprint density at radius 3 is 2.48 bits per heavy atom. The first-order chi connectivity index (χ1) is 10.2. The summed E-state index contributed by atoms with van der Waals surface area (Å²) < 4.78 is 65.6. The van der Waals surface area contributed by atoms with Crippen molar-refractivity contribution < 1.29 is 21.6 Å². The van der Waals surface area contributed by atoms with Crippen LogP contribution in [0.2, 0.25) is 0 Å². The molecule has 3 N–H and O–H groups in total. The van der Waals surface area contributed by atoms with Crippen molar-refractivity contribution in [1.82, 2.24) is 4.72 Å². The fourth-order valence-corrected chi connectivity index (χ4v) is 4.39. The van der Waals surface area contributed by atoms with Crippen molar-refractivity contribution in [3.05, 3.63) is 35.4 Å². The molecule has 132 valence electrons. The zero-order valence-electron chi connectivity index (χ0n) is 12.3. The van der Waals surface area contributed by atoms with Crippen molar-refractivity contribution in [3.8, 4) is 0 Å². The molecule has 2 atom stereocenters. The van der Waals surface area contributed by atoms with E-state index in [1.165, 1.54) is 18.2 Å². The SMILES string of the molecule is Cl.NCC1CCCC1NS(=O)(=O)Cc1ccccc1C(F)(F)F. The molecule has 1 fully saturated rings. The number of benzene rings is 1. The zero-order valence-corrected chi connectivity index (χ0v) is 14.0. The van der Waals surface area contributed by atoms with Crippen LogP contribution in [0.1, 0.15) is 30.4 Å². The van der Waals surface area contributed by atoms with Crippen molar-refractivity contribution in [1.29, 1.82) is 0 Å². The van der Waals surface area contributed by atoms with E-state index >= 15 is 0 Å². The molecule has 23 heavy (non-hydrogen) atoms. The van der Waals surface area contributed by atoms with Crippen LogP contribution < -0.4 is 10.5 Å². The van der Waals surface area contributed by atoms with E-state index in [1.807, 2.05) is 0 Å². The van der Waals surface area contributed by atoms with Gasteiger partial charge in [-0.25, -0.2) is 13.1 Å². The maximum Gasteiger partial charge on any atom is 0.416 e. The molecule has 0 saturated heterocycles. The molecule has 0 radical (unpaired) electrons. The van der Waals surface area contributed by atoms with Crippen LogP contribution in [0.5, 0.6) is 0 Å². The maximum absolute atomic E-state index is 12.9. The molecule has 9 heteroatoms. The highest BCUT2D eigenvalue weighted by atomic mass is 35.5. The molecular weight excluding hydrogens is 353 g/mol. The predicted octanol–water partition coefficient (Wildman–Crippen LogP) is 2.67. The lowest BCUT2D eigenvalue weighted by atomic mass is 10.1. The summed E-state index contributed by atoms with van der Waals surface area (Å²) in [7, 11) is -3.85. The van der Waals surface area contributed by atoms with E-state index in [0.717, 1.165) is 18.9 Å². The third kappa shape index (κ3) is 5.34. The molecule has 2 rings (SSSR count). The van der Waals surface area contributed by atoms with E-state index < -0.39 is 27.5 Å². The normalized spacial score (nSPS) is 21.9. The zero-order chi connectivity index (χ0) is 16.4. The monoisotopic (exact) mass is 372 g/mol. The van der Waals surface area contributed by atoms with Gasteiger partial charge in [-0.1, -0.05) is 24.6 Å². The fraction of sp³-hybridized carbons (Fsp3) is 0.571. The number of nitrogens with one attached hydrogen (secondary N) is 1. The van der Waals surface area contributed by atoms with Gasteiger partial charge in [0.25, 0.3) is 0 Å². The molecule has 0 spiro atoms. The van der Waals surface area contributed by atoms with E-state index in [9.17, 15) is 21.6 Å². The molecule has 0 bridgehead atoms. The van der Waals surface area contributed by atoms with Gasteiger partial charge in [-0.2, -0.15) is 13.2 Å². The number of rotatable bonds is 5. The number of hydrogen-bond donors (Lipinski definition) is 2. The van der Waals surface area contributed by atoms with Gasteiger partial charge < -0.3 is 5.73 Å². The molecule has 1 aromatic carbocycles. The molecule has 1 saturated carbocycles. The number of alkyl halides is 3. The second-order valence-corrected chi connectivity index (χ2v) is 7.32. The Hall–Kier alpha value is -0.830. The number of sulfonamides is 1. The van der Waals surface area contributed by atoms with Crippen LogP contribution in [0, 0.1) is 5.92 Å². The Bertz CT molecular complexity index is 623. The predicted molar refractivity (Wildman–Crippen MR) is 84.6 cm³/mol. The van der Waals surface area contributed by atoms with Crippen molar-refractivity contribution in [2.75, 3.05) is 6.54 Å². The molecule has 0 aliphatic heterocycles. The summed E-state index contributed by atoms with van der Waals surface area (Å²) >= 11 is 0. The molecule has 1 aliphatic rings. The Kier molecular flexibility index (Phi) is 6.88. The minimum atomic E-state index is -4.57. The summed E-state index contributed by atoms with van der Waals surface area (Å²) in [6.45, 7) is 0.367. The van der Waals surface area contributed by atoms with Crippen molar-refractivity contribution in [2.24, 2.45) is 11.7 Å². The van der Waals surface area contributed by atoms with E-state index in [2.05, 4.69) is 4.72 Å². The van der Waals surface area contributed by atoms with Gasteiger partial charge in [-0.15, -0.1) is 12.4 Å². The van der Waals surface area contributed by atoms with Crippen LogP contribution in [-0.2, 0) is 22.0 Å². The lowest BCUT2D eigenvalue weighted by Crippen LogP contribution is -2.40. The summed E-state index contributed by atoms with van der Waals surface area (Å²) in [6, 6.07) is 4.44. The quantitative estimate of drug-likeness (QED) is 0.834. The van der Waals surface area contributed by atoms with Gasteiger partial charge in [0, 0.05) is 6.04 Å². The molecule has 1 aliphatic carbocycles. The van der Waals surface area contributed by atoms with E-state index in [0.29, 0.717) is 13.0 Å². The number of nitrogens with two attached hydrogens (primary N) is 1. The van der Waals surface area contributed by atoms with Crippen LogP contribution >= 0.6 is 12.4 Å². The summed E-state index contributed by atoms with van der Waals surface area (Å²) in [5.41, 5.74) is 4.43. The van der Waals surface area contributed by atoms with Crippen molar-refractivity contribution >= 4 is 22.4 Å². The highest BCUT2D eigenvalue weighted by Gasteiger charge is 2.35. The largest absolute Gasteiger partial charge is 0.416 e. The Morgan fingerprint density at radius 2 is 1.87 bits per heavy atom. The highest BCUT2D eigenvalue weighted by molar-refractivity contribution is 7.88. The molecule has 0 amide bonds. The number of halogens is 4. The second-order valence-electron chi connectivity index (χ2n) is 5.57. The first-order valence-corrected chi connectivity index (χ1v) is 8.73. The van der Waals surface area contributed by atoms with Crippen LogP contribution in [-0.4, -0.2) is 21.0 Å². The smallest absolute Gasteiger partial charge is 0.330 e. The molecule has 2 unspecified atom stereocenters. The lowest BCUT2D eigenvalue weighted by Gasteiger charge is -2.20. The van der Waals surface area contributed by atoms with Crippen molar-refractivity contribution in [2.45, 2.75) is 37.2 Å². The van der Waals surface area contributed by atoms with Crippen LogP contribution in [0.25, 0.3) is 0 Å². The summed E-state index contributed by atoms with van der Waals surface area (Å²) in [6.07, 6.45) is -2.20. The third-order valence-corrected chi connectivity index (χ3v) is 5.31. The van der Waals surface area contributed by atoms with Crippen LogP contribution in [0.15, 0.2) is 24.3 Å². The van der Waals surface area contributed by atoms with Crippen LogP contribution in [0.3, 0.4) is 0 Å². The highest BCUT2D eigenvalue weighted by Crippen LogP contribution is 2.33. The van der Waals surface area contributed by atoms with Gasteiger partial charge >= 0.3 is 6.18 Å². The Morgan fingerprint density at radius 1 is 1.22 bits per heavy atom. The van der Waals surface area contributed by atoms with E-state index in [4.69, 9.17) is 5.73 Å². The van der Waals surface area contributed by atoms with Gasteiger partial charge in [0.15, 0.2) is 0 Å². The standard InChI is InChI=1S/C14H19F3N2O2S.ClH/c15-14(16,17)12-6-2-1-4-11(12)9-22(20,21)19-13-7-3-5-10(13)8-18;/h1-2,4,6,10,13,19H,3,5,7-9,18H2;1H. The molecular formula is C14H20ClF3N2O2S. The summed E-state index contributed by atoms with van der Waals surface area (Å²) in [4.78, 5) is 0. The minimum Gasteiger partial charge on any atom is -0.330 e. The summed E-state index contributed by atoms with van der Waals surface area (Å²) in [5.74, 6) is -0.635. The second kappa shape index (κ2) is 7.83. The average Bonchev–Trinajstić information content (AvgIpc) is 2.83. The van der Waals surface area contributed by atoms with Gasteiger partial charge in [0.1, 0.15) is 0 Å². The molecule has 4 nitrogen and oxygen atoms in total. The van der Waals surface area contributed by atoms with E-state index in [1.54, 1.807) is 0 Å². The Balaban J connectivity index is 0.00000264. The molecule has 0 heterocycles. The first-order valence-electron chi connectivity index (χ1n) is 7.08. The summed E-state index contributed by atoms with van der Waals surface area (Å²) in [5, 5.41) is 0.